The van der Waals surface area contributed by atoms with Crippen LogP contribution in [0.1, 0.15) is 58.3 Å². The molecule has 0 heterocycles. The molecule has 0 aromatic rings. The lowest BCUT2D eigenvalue weighted by Gasteiger charge is -2.30. The fraction of sp³-hybridized carbons (Fsp3) is 0.909. The third-order valence-corrected chi connectivity index (χ3v) is 3.92. The lowest BCUT2D eigenvalue weighted by atomic mass is 9.66. The van der Waals surface area contributed by atoms with Gasteiger partial charge in [-0.1, -0.05) is 0 Å². The lowest BCUT2D eigenvalue weighted by Crippen LogP contribution is -2.27. The van der Waals surface area contributed by atoms with Crippen molar-refractivity contribution in [2.24, 2.45) is 5.41 Å². The molecular formula is C11H19+. The highest BCUT2D eigenvalue weighted by molar-refractivity contribution is 5.08. The molecule has 2 fully saturated rings. The van der Waals surface area contributed by atoms with Crippen molar-refractivity contribution in [3.8, 4) is 0 Å². The Bertz CT molecular complexity index is 131. The van der Waals surface area contributed by atoms with E-state index < -0.39 is 0 Å². The van der Waals surface area contributed by atoms with Crippen molar-refractivity contribution in [3.05, 3.63) is 5.92 Å². The summed E-state index contributed by atoms with van der Waals surface area (Å²) < 4.78 is 0. The van der Waals surface area contributed by atoms with E-state index in [4.69, 9.17) is 0 Å². The summed E-state index contributed by atoms with van der Waals surface area (Å²) in [5, 5.41) is 0. The summed E-state index contributed by atoms with van der Waals surface area (Å²) in [7, 11) is 0. The van der Waals surface area contributed by atoms with Gasteiger partial charge in [-0.2, -0.15) is 0 Å². The lowest BCUT2D eigenvalue weighted by molar-refractivity contribution is 0.233. The van der Waals surface area contributed by atoms with Crippen LogP contribution >= 0.6 is 0 Å². The van der Waals surface area contributed by atoms with E-state index in [1.165, 1.54) is 51.4 Å². The Morgan fingerprint density at radius 2 is 1.45 bits per heavy atom. The molecule has 0 nitrogen and oxygen atoms in total. The highest BCUT2D eigenvalue weighted by atomic mass is 14.4. The highest BCUT2D eigenvalue weighted by Crippen LogP contribution is 2.53. The minimum Gasteiger partial charge on any atom is -0.0485 e. The molecule has 0 bridgehead atoms. The van der Waals surface area contributed by atoms with Gasteiger partial charge in [0.05, 0.1) is 19.3 Å². The SMILES string of the molecule is C[C+]1CCCCC12CCCC2. The third kappa shape index (κ3) is 1.17. The van der Waals surface area contributed by atoms with Gasteiger partial charge in [0.25, 0.3) is 0 Å². The van der Waals surface area contributed by atoms with E-state index in [0.717, 1.165) is 5.41 Å². The van der Waals surface area contributed by atoms with Crippen molar-refractivity contribution >= 4 is 0 Å². The van der Waals surface area contributed by atoms with Crippen molar-refractivity contribution in [2.45, 2.75) is 58.3 Å². The average molecular weight is 151 g/mol. The van der Waals surface area contributed by atoms with Crippen molar-refractivity contribution in [2.75, 3.05) is 0 Å². The molecule has 2 saturated carbocycles. The predicted molar refractivity (Wildman–Crippen MR) is 48.3 cm³/mol. The second-order valence-corrected chi connectivity index (χ2v) is 4.47. The normalized spacial score (nSPS) is 29.7. The molecule has 2 rings (SSSR count). The Morgan fingerprint density at radius 3 is 2.09 bits per heavy atom. The van der Waals surface area contributed by atoms with Crippen LogP contribution in [0.25, 0.3) is 0 Å². The van der Waals surface area contributed by atoms with Crippen LogP contribution in [-0.4, -0.2) is 0 Å². The molecule has 0 amide bonds. The van der Waals surface area contributed by atoms with Gasteiger partial charge < -0.3 is 0 Å². The Morgan fingerprint density at radius 1 is 0.909 bits per heavy atom. The van der Waals surface area contributed by atoms with Crippen LogP contribution in [0.2, 0.25) is 0 Å². The zero-order valence-electron chi connectivity index (χ0n) is 7.66. The van der Waals surface area contributed by atoms with Crippen LogP contribution in [0, 0.1) is 11.3 Å². The van der Waals surface area contributed by atoms with E-state index in [-0.39, 0.29) is 0 Å². The summed E-state index contributed by atoms with van der Waals surface area (Å²) in [4.78, 5) is 0. The first kappa shape index (κ1) is 7.52. The van der Waals surface area contributed by atoms with E-state index in [2.05, 4.69) is 6.92 Å². The third-order valence-electron chi connectivity index (χ3n) is 3.92. The summed E-state index contributed by atoms with van der Waals surface area (Å²) in [5.74, 6) is 1.83. The van der Waals surface area contributed by atoms with E-state index in [1.807, 2.05) is 5.92 Å². The van der Waals surface area contributed by atoms with Crippen molar-refractivity contribution in [3.63, 3.8) is 0 Å². The van der Waals surface area contributed by atoms with Gasteiger partial charge in [-0.15, -0.1) is 0 Å². The van der Waals surface area contributed by atoms with Crippen LogP contribution in [-0.2, 0) is 0 Å². The highest BCUT2D eigenvalue weighted by Gasteiger charge is 2.48. The fourth-order valence-corrected chi connectivity index (χ4v) is 3.06. The van der Waals surface area contributed by atoms with Crippen molar-refractivity contribution in [1.29, 1.82) is 0 Å². The first-order valence-corrected chi connectivity index (χ1v) is 5.16. The van der Waals surface area contributed by atoms with Crippen LogP contribution < -0.4 is 0 Å². The van der Waals surface area contributed by atoms with Crippen LogP contribution in [0.5, 0.6) is 0 Å². The van der Waals surface area contributed by atoms with E-state index in [0.29, 0.717) is 0 Å². The molecule has 0 unspecified atom stereocenters. The molecule has 2 aliphatic carbocycles. The van der Waals surface area contributed by atoms with E-state index in [1.54, 1.807) is 0 Å². The molecule has 0 saturated heterocycles. The largest absolute Gasteiger partial charge is 0.110 e. The maximum atomic E-state index is 2.41. The molecule has 0 aromatic heterocycles. The molecule has 0 aliphatic heterocycles. The minimum absolute atomic E-state index is 0.748. The predicted octanol–water partition coefficient (Wildman–Crippen LogP) is 3.72. The van der Waals surface area contributed by atoms with Crippen LogP contribution in [0.4, 0.5) is 0 Å². The first-order valence-electron chi connectivity index (χ1n) is 5.16. The Labute approximate surface area is 70.4 Å². The van der Waals surface area contributed by atoms with Gasteiger partial charge in [0, 0.05) is 0 Å². The van der Waals surface area contributed by atoms with Gasteiger partial charge in [0.2, 0.25) is 0 Å². The molecule has 0 heteroatoms. The standard InChI is InChI=1S/C11H19/c1-10-6-2-3-7-11(10)8-4-5-9-11/h2-9H2,1H3/q+1. The Hall–Kier alpha value is -0.130. The van der Waals surface area contributed by atoms with Gasteiger partial charge in [-0.05, 0) is 44.9 Å². The van der Waals surface area contributed by atoms with Gasteiger partial charge in [0.15, 0.2) is 0 Å². The number of rotatable bonds is 0. The first-order chi connectivity index (χ1) is 5.33. The smallest absolute Gasteiger partial charge is 0.0485 e. The molecule has 2 aliphatic rings. The molecule has 0 radical (unpaired) electrons. The van der Waals surface area contributed by atoms with Gasteiger partial charge >= 0.3 is 0 Å². The van der Waals surface area contributed by atoms with E-state index in [9.17, 15) is 0 Å². The maximum Gasteiger partial charge on any atom is 0.110 e. The molecule has 0 N–H and O–H groups in total. The van der Waals surface area contributed by atoms with Gasteiger partial charge in [-0.3, -0.25) is 0 Å². The summed E-state index contributed by atoms with van der Waals surface area (Å²) >= 11 is 0. The molecule has 62 valence electrons. The topological polar surface area (TPSA) is 0 Å². The zero-order chi connectivity index (χ0) is 7.73. The minimum atomic E-state index is 0.748. The maximum absolute atomic E-state index is 2.41. The Balaban J connectivity index is 2.07. The van der Waals surface area contributed by atoms with Crippen LogP contribution in [0.3, 0.4) is 0 Å². The zero-order valence-corrected chi connectivity index (χ0v) is 7.66. The summed E-state index contributed by atoms with van der Waals surface area (Å²) in [6, 6.07) is 0. The second kappa shape index (κ2) is 2.73. The molecular weight excluding hydrogens is 132 g/mol. The molecule has 11 heavy (non-hydrogen) atoms. The van der Waals surface area contributed by atoms with Crippen molar-refractivity contribution < 1.29 is 0 Å². The second-order valence-electron chi connectivity index (χ2n) is 4.47. The summed E-state index contributed by atoms with van der Waals surface area (Å²) in [5.41, 5.74) is 0.748. The quantitative estimate of drug-likeness (QED) is 0.463. The molecule has 1 spiro atoms. The Kier molecular flexibility index (Phi) is 1.86. The monoisotopic (exact) mass is 151 g/mol. The number of hydrogen-bond donors (Lipinski definition) is 0. The molecule has 0 aromatic carbocycles. The number of hydrogen-bond acceptors (Lipinski definition) is 0. The van der Waals surface area contributed by atoms with E-state index >= 15 is 0 Å². The summed E-state index contributed by atoms with van der Waals surface area (Å²) in [6.45, 7) is 2.41. The van der Waals surface area contributed by atoms with Gasteiger partial charge in [-0.25, -0.2) is 0 Å². The average Bonchev–Trinajstić information content (AvgIpc) is 2.46. The molecule has 0 atom stereocenters. The van der Waals surface area contributed by atoms with Crippen molar-refractivity contribution in [1.82, 2.24) is 0 Å². The summed E-state index contributed by atoms with van der Waals surface area (Å²) in [6.07, 6.45) is 11.9. The van der Waals surface area contributed by atoms with Crippen LogP contribution in [0.15, 0.2) is 0 Å². The fourth-order valence-electron chi connectivity index (χ4n) is 3.06. The van der Waals surface area contributed by atoms with Gasteiger partial charge in [0.1, 0.15) is 5.41 Å².